The zero-order valence-corrected chi connectivity index (χ0v) is 14.8. The number of halogens is 1. The number of benzene rings is 2. The number of fused-ring (bicyclic) bond motifs is 1. The highest BCUT2D eigenvalue weighted by Gasteiger charge is 2.31. The van der Waals surface area contributed by atoms with Crippen LogP contribution in [0.25, 0.3) is 22.2 Å². The Balaban J connectivity index is 1.69. The molecule has 0 N–H and O–H groups in total. The molecule has 0 saturated carbocycles. The van der Waals surface area contributed by atoms with E-state index in [1.807, 2.05) is 18.2 Å². The van der Waals surface area contributed by atoms with Gasteiger partial charge in [-0.2, -0.15) is 4.98 Å². The Morgan fingerprint density at radius 3 is 2.96 bits per heavy atom. The number of hydrogen-bond donors (Lipinski definition) is 0. The molecule has 0 bridgehead atoms. The maximum Gasteiger partial charge on any atom is 0.256 e. The molecule has 1 aliphatic rings. The first kappa shape index (κ1) is 15.7. The van der Waals surface area contributed by atoms with E-state index in [2.05, 4.69) is 44.3 Å². The van der Waals surface area contributed by atoms with Crippen LogP contribution in [0, 0.1) is 5.92 Å². The summed E-state index contributed by atoms with van der Waals surface area (Å²) in [5, 5.41) is 6.43. The van der Waals surface area contributed by atoms with Crippen molar-refractivity contribution in [2.75, 3.05) is 20.3 Å². The van der Waals surface area contributed by atoms with Crippen LogP contribution >= 0.6 is 15.9 Å². The van der Waals surface area contributed by atoms with Crippen LogP contribution in [-0.4, -0.2) is 30.5 Å². The summed E-state index contributed by atoms with van der Waals surface area (Å²) in [6, 6.07) is 12.3. The van der Waals surface area contributed by atoms with Crippen molar-refractivity contribution >= 4 is 26.7 Å². The Kier molecular flexibility index (Phi) is 4.35. The van der Waals surface area contributed by atoms with Crippen LogP contribution in [0.3, 0.4) is 0 Å². The van der Waals surface area contributed by atoms with Crippen molar-refractivity contribution in [1.29, 1.82) is 0 Å². The van der Waals surface area contributed by atoms with E-state index < -0.39 is 0 Å². The third-order valence-electron chi connectivity index (χ3n) is 4.40. The molecule has 4 rings (SSSR count). The normalized spacial score (nSPS) is 19.0. The monoisotopic (exact) mass is 388 g/mol. The molecular weight excluding hydrogens is 372 g/mol. The van der Waals surface area contributed by atoms with Gasteiger partial charge in [-0.3, -0.25) is 0 Å². The quantitative estimate of drug-likeness (QED) is 0.663. The van der Waals surface area contributed by atoms with Crippen molar-refractivity contribution in [2.45, 2.75) is 12.5 Å². The second kappa shape index (κ2) is 6.63. The molecule has 1 saturated heterocycles. The first-order valence-electron chi connectivity index (χ1n) is 7.89. The molecule has 1 aromatic heterocycles. The minimum Gasteiger partial charge on any atom is -0.381 e. The smallest absolute Gasteiger partial charge is 0.256 e. The van der Waals surface area contributed by atoms with Crippen molar-refractivity contribution in [3.63, 3.8) is 0 Å². The van der Waals surface area contributed by atoms with E-state index in [1.54, 1.807) is 7.11 Å². The summed E-state index contributed by atoms with van der Waals surface area (Å²) >= 11 is 3.62. The fourth-order valence-corrected chi connectivity index (χ4v) is 3.76. The predicted octanol–water partition coefficient (Wildman–Crippen LogP) is 4.38. The molecule has 2 heterocycles. The molecule has 2 aromatic carbocycles. The fraction of sp³-hybridized carbons (Fsp3) is 0.333. The minimum atomic E-state index is -0.224. The number of hydrogen-bond acceptors (Lipinski definition) is 5. The van der Waals surface area contributed by atoms with E-state index in [-0.39, 0.29) is 12.0 Å². The van der Waals surface area contributed by atoms with Gasteiger partial charge in [0.05, 0.1) is 6.61 Å². The summed E-state index contributed by atoms with van der Waals surface area (Å²) in [6.45, 7) is 1.42. The molecule has 0 spiro atoms. The van der Waals surface area contributed by atoms with Gasteiger partial charge in [-0.1, -0.05) is 45.4 Å². The van der Waals surface area contributed by atoms with Gasteiger partial charge in [0, 0.05) is 29.7 Å². The van der Waals surface area contributed by atoms with Gasteiger partial charge in [0.2, 0.25) is 5.82 Å². The number of rotatable bonds is 4. The van der Waals surface area contributed by atoms with Crippen molar-refractivity contribution in [3.8, 4) is 11.4 Å². The number of ether oxygens (including phenoxy) is 2. The van der Waals surface area contributed by atoms with E-state index in [1.165, 1.54) is 0 Å². The highest BCUT2D eigenvalue weighted by molar-refractivity contribution is 9.10. The average Bonchev–Trinajstić information content (AvgIpc) is 3.28. The number of methoxy groups -OCH3 is 1. The molecule has 124 valence electrons. The summed E-state index contributed by atoms with van der Waals surface area (Å²) in [6.07, 6.45) is 0.718. The molecule has 1 aliphatic heterocycles. The highest BCUT2D eigenvalue weighted by atomic mass is 79.9. The van der Waals surface area contributed by atoms with E-state index in [9.17, 15) is 0 Å². The van der Waals surface area contributed by atoms with Crippen molar-refractivity contribution in [2.24, 2.45) is 5.92 Å². The SMILES string of the molecule is COC(c1nc(-c2cc(Br)c3ccccc3c2)no1)C1CCOC1. The molecule has 2 atom stereocenters. The van der Waals surface area contributed by atoms with Crippen molar-refractivity contribution in [3.05, 3.63) is 46.8 Å². The summed E-state index contributed by atoms with van der Waals surface area (Å²) < 4.78 is 17.5. The Bertz CT molecular complexity index is 858. The first-order chi connectivity index (χ1) is 11.8. The van der Waals surface area contributed by atoms with E-state index in [0.717, 1.165) is 33.8 Å². The Labute approximate surface area is 148 Å². The zero-order valence-electron chi connectivity index (χ0n) is 13.2. The summed E-state index contributed by atoms with van der Waals surface area (Å²) in [7, 11) is 1.67. The van der Waals surface area contributed by atoms with Gasteiger partial charge < -0.3 is 14.0 Å². The van der Waals surface area contributed by atoms with Crippen LogP contribution < -0.4 is 0 Å². The Morgan fingerprint density at radius 2 is 2.17 bits per heavy atom. The highest BCUT2D eigenvalue weighted by Crippen LogP contribution is 2.33. The van der Waals surface area contributed by atoms with Crippen molar-refractivity contribution in [1.82, 2.24) is 10.1 Å². The predicted molar refractivity (Wildman–Crippen MR) is 93.6 cm³/mol. The average molecular weight is 389 g/mol. The van der Waals surface area contributed by atoms with Crippen LogP contribution in [0.1, 0.15) is 18.4 Å². The minimum absolute atomic E-state index is 0.224. The molecule has 0 aliphatic carbocycles. The second-order valence-electron chi connectivity index (χ2n) is 5.92. The first-order valence-corrected chi connectivity index (χ1v) is 8.68. The summed E-state index contributed by atoms with van der Waals surface area (Å²) in [5.41, 5.74) is 0.910. The lowest BCUT2D eigenvalue weighted by Gasteiger charge is -2.16. The standard InChI is InChI=1S/C18H17BrN2O3/c1-22-16(12-6-7-23-10-12)18-20-17(21-24-18)13-8-11-4-2-3-5-14(11)15(19)9-13/h2-5,8-9,12,16H,6-7,10H2,1H3. The third kappa shape index (κ3) is 2.85. The van der Waals surface area contributed by atoms with E-state index in [4.69, 9.17) is 14.0 Å². The third-order valence-corrected chi connectivity index (χ3v) is 5.06. The lowest BCUT2D eigenvalue weighted by atomic mass is 10.0. The van der Waals surface area contributed by atoms with Gasteiger partial charge in [0.15, 0.2) is 0 Å². The van der Waals surface area contributed by atoms with Gasteiger partial charge in [-0.25, -0.2) is 0 Å². The molecule has 6 heteroatoms. The van der Waals surface area contributed by atoms with Crippen LogP contribution in [0.4, 0.5) is 0 Å². The Hall–Kier alpha value is -1.76. The van der Waals surface area contributed by atoms with Crippen LogP contribution in [0.5, 0.6) is 0 Å². The molecule has 24 heavy (non-hydrogen) atoms. The molecule has 0 radical (unpaired) electrons. The molecule has 0 amide bonds. The van der Waals surface area contributed by atoms with Gasteiger partial charge in [-0.15, -0.1) is 0 Å². The fourth-order valence-electron chi connectivity index (χ4n) is 3.15. The van der Waals surface area contributed by atoms with E-state index in [0.29, 0.717) is 18.3 Å². The van der Waals surface area contributed by atoms with Gasteiger partial charge >= 0.3 is 0 Å². The van der Waals surface area contributed by atoms with Gasteiger partial charge in [0.1, 0.15) is 6.10 Å². The lowest BCUT2D eigenvalue weighted by molar-refractivity contribution is 0.0210. The zero-order chi connectivity index (χ0) is 16.5. The maximum absolute atomic E-state index is 5.58. The van der Waals surface area contributed by atoms with Crippen LogP contribution in [0.15, 0.2) is 45.4 Å². The molecule has 1 fully saturated rings. The summed E-state index contributed by atoms with van der Waals surface area (Å²) in [5.74, 6) is 1.33. The van der Waals surface area contributed by atoms with Gasteiger partial charge in [0.25, 0.3) is 5.89 Å². The lowest BCUT2D eigenvalue weighted by Crippen LogP contribution is -2.15. The number of aromatic nitrogens is 2. The van der Waals surface area contributed by atoms with Crippen LogP contribution in [-0.2, 0) is 9.47 Å². The molecule has 3 aromatic rings. The molecule has 2 unspecified atom stereocenters. The van der Waals surface area contributed by atoms with Crippen LogP contribution in [0.2, 0.25) is 0 Å². The Morgan fingerprint density at radius 1 is 1.29 bits per heavy atom. The summed E-state index contributed by atoms with van der Waals surface area (Å²) in [4.78, 5) is 4.57. The topological polar surface area (TPSA) is 57.4 Å². The molecule has 5 nitrogen and oxygen atoms in total. The van der Waals surface area contributed by atoms with Crippen molar-refractivity contribution < 1.29 is 14.0 Å². The maximum atomic E-state index is 5.58. The number of nitrogens with zero attached hydrogens (tertiary/aromatic N) is 2. The van der Waals surface area contributed by atoms with Gasteiger partial charge in [-0.05, 0) is 29.3 Å². The van der Waals surface area contributed by atoms with E-state index >= 15 is 0 Å². The largest absolute Gasteiger partial charge is 0.381 e. The second-order valence-corrected chi connectivity index (χ2v) is 6.77. The molecular formula is C18H17BrN2O3.